The van der Waals surface area contributed by atoms with Crippen LogP contribution in [0.4, 0.5) is 0 Å². The number of hydrogen-bond donors (Lipinski definition) is 0. The number of Topliss-reactive ketones (excluding diaryl/α,β-unsaturated/α-hetero) is 1. The van der Waals surface area contributed by atoms with Crippen molar-refractivity contribution >= 4 is 5.78 Å². The topological polar surface area (TPSA) is 90.9 Å². The molecule has 6 aliphatic heterocycles. The van der Waals surface area contributed by atoms with Crippen molar-refractivity contribution in [3.63, 3.8) is 0 Å². The van der Waals surface area contributed by atoms with Crippen LogP contribution in [0.1, 0.15) is 71.6 Å². The first-order chi connectivity index (χ1) is 18.9. The van der Waals surface area contributed by atoms with Gasteiger partial charge in [-0.3, -0.25) is 4.79 Å². The molecule has 12 atom stereocenters. The average Bonchev–Trinajstić information content (AvgIpc) is 3.35. The first kappa shape index (κ1) is 28.2. The normalized spacial score (nSPS) is 47.6. The summed E-state index contributed by atoms with van der Waals surface area (Å²) in [5.41, 5.74) is 1.18. The Kier molecular flexibility index (Phi) is 8.51. The van der Waals surface area contributed by atoms with E-state index in [1.54, 1.807) is 7.11 Å². The molecule has 6 rings (SSSR count). The van der Waals surface area contributed by atoms with Crippen LogP contribution in [0.3, 0.4) is 0 Å². The summed E-state index contributed by atoms with van der Waals surface area (Å²) in [6.45, 7) is 9.91. The zero-order valence-corrected chi connectivity index (χ0v) is 23.7. The lowest BCUT2D eigenvalue weighted by molar-refractivity contribution is -0.289. The molecule has 0 amide bonds. The molecule has 0 aromatic rings. The Bertz CT molecular complexity index is 896. The van der Waals surface area contributed by atoms with Crippen molar-refractivity contribution < 1.29 is 42.7 Å². The minimum absolute atomic E-state index is 0.0202. The molecule has 6 aliphatic rings. The van der Waals surface area contributed by atoms with Gasteiger partial charge in [-0.15, -0.1) is 0 Å². The fourth-order valence-corrected chi connectivity index (χ4v) is 7.57. The average molecular weight is 551 g/mol. The highest BCUT2D eigenvalue weighted by molar-refractivity contribution is 5.79. The van der Waals surface area contributed by atoms with E-state index in [2.05, 4.69) is 13.5 Å². The Balaban J connectivity index is 1.10. The standard InChI is InChI=1S/C30H46O9/c1-5-23-17(2)12-21(36-23)8-9-30-10-11-33-27-26(16-35-30)38-24-7-6-20(37-28(24)29(27)39-30)13-19(31)14-22-18(3)34-15-25(22)32-4/h18,20-29H,2,5-16H2,1,3-4H3/t18-,20+,21-,22-,23-,24-,25-,26?,27?,28-,29+,30-/m0/s1. The molecule has 0 spiro atoms. The SMILES string of the molecule is C=C1C[C@H](CC[C@]23CCOC4C(CO2)O[C@H]2CC[C@H](CC(=O)C[C@H]5[C@H](C)OC[C@@H]5OC)O[C@@H]2[C@@H]4O3)O[C@H]1CC. The molecular formula is C30H46O9. The van der Waals surface area contributed by atoms with Gasteiger partial charge in [0.25, 0.3) is 0 Å². The molecule has 6 saturated heterocycles. The molecule has 2 unspecified atom stereocenters. The second-order valence-electron chi connectivity index (χ2n) is 12.4. The molecule has 39 heavy (non-hydrogen) atoms. The zero-order chi connectivity index (χ0) is 27.1. The third-order valence-electron chi connectivity index (χ3n) is 9.85. The maximum atomic E-state index is 13.1. The van der Waals surface area contributed by atoms with Gasteiger partial charge in [0.15, 0.2) is 5.79 Å². The number of rotatable bonds is 9. The van der Waals surface area contributed by atoms with E-state index in [1.165, 1.54) is 5.57 Å². The van der Waals surface area contributed by atoms with Gasteiger partial charge >= 0.3 is 0 Å². The lowest BCUT2D eigenvalue weighted by Gasteiger charge is -2.48. The van der Waals surface area contributed by atoms with E-state index in [9.17, 15) is 4.79 Å². The molecule has 4 bridgehead atoms. The van der Waals surface area contributed by atoms with Crippen molar-refractivity contribution in [2.75, 3.05) is 26.9 Å². The van der Waals surface area contributed by atoms with Crippen molar-refractivity contribution in [3.8, 4) is 0 Å². The van der Waals surface area contributed by atoms with Crippen molar-refractivity contribution in [1.29, 1.82) is 0 Å². The third-order valence-corrected chi connectivity index (χ3v) is 9.85. The van der Waals surface area contributed by atoms with Gasteiger partial charge in [0.1, 0.15) is 30.2 Å². The van der Waals surface area contributed by atoms with Crippen LogP contribution < -0.4 is 0 Å². The predicted octanol–water partition coefficient (Wildman–Crippen LogP) is 3.51. The van der Waals surface area contributed by atoms with Crippen LogP contribution in [0.15, 0.2) is 12.2 Å². The lowest BCUT2D eigenvalue weighted by Crippen LogP contribution is -2.62. The van der Waals surface area contributed by atoms with Gasteiger partial charge in [-0.1, -0.05) is 13.5 Å². The van der Waals surface area contributed by atoms with E-state index in [1.807, 2.05) is 6.92 Å². The number of carbonyl (C=O) groups is 1. The van der Waals surface area contributed by atoms with Gasteiger partial charge in [-0.25, -0.2) is 0 Å². The largest absolute Gasteiger partial charge is 0.379 e. The molecule has 0 aromatic heterocycles. The first-order valence-corrected chi connectivity index (χ1v) is 15.1. The summed E-state index contributed by atoms with van der Waals surface area (Å²) < 4.78 is 50.3. The zero-order valence-electron chi connectivity index (χ0n) is 23.7. The Hall–Kier alpha value is -0.910. The van der Waals surface area contributed by atoms with Gasteiger partial charge in [-0.2, -0.15) is 0 Å². The Morgan fingerprint density at radius 3 is 2.69 bits per heavy atom. The molecule has 0 N–H and O–H groups in total. The molecule has 0 saturated carbocycles. The monoisotopic (exact) mass is 550 g/mol. The van der Waals surface area contributed by atoms with Crippen LogP contribution >= 0.6 is 0 Å². The van der Waals surface area contributed by atoms with Crippen molar-refractivity contribution in [2.24, 2.45) is 5.92 Å². The summed E-state index contributed by atoms with van der Waals surface area (Å²) in [5, 5.41) is 0. The van der Waals surface area contributed by atoms with Gasteiger partial charge in [-0.05, 0) is 44.6 Å². The second kappa shape index (κ2) is 11.8. The minimum atomic E-state index is -0.749. The minimum Gasteiger partial charge on any atom is -0.379 e. The Morgan fingerprint density at radius 1 is 1.03 bits per heavy atom. The van der Waals surface area contributed by atoms with E-state index in [0.717, 1.165) is 38.5 Å². The molecule has 6 fully saturated rings. The summed E-state index contributed by atoms with van der Waals surface area (Å²) in [6, 6.07) is 0. The number of methoxy groups -OCH3 is 1. The highest BCUT2D eigenvalue weighted by Crippen LogP contribution is 2.44. The van der Waals surface area contributed by atoms with Gasteiger partial charge in [0, 0.05) is 38.7 Å². The van der Waals surface area contributed by atoms with E-state index >= 15 is 0 Å². The van der Waals surface area contributed by atoms with E-state index in [-0.39, 0.29) is 72.7 Å². The summed E-state index contributed by atoms with van der Waals surface area (Å²) in [7, 11) is 1.69. The second-order valence-corrected chi connectivity index (χ2v) is 12.4. The Morgan fingerprint density at radius 2 is 1.90 bits per heavy atom. The highest BCUT2D eigenvalue weighted by Gasteiger charge is 2.57. The molecular weight excluding hydrogens is 504 g/mol. The molecule has 0 aliphatic carbocycles. The predicted molar refractivity (Wildman–Crippen MR) is 140 cm³/mol. The summed E-state index contributed by atoms with van der Waals surface area (Å²) in [4.78, 5) is 13.1. The Labute approximate surface area is 232 Å². The van der Waals surface area contributed by atoms with Crippen molar-refractivity contribution in [1.82, 2.24) is 0 Å². The number of hydrogen-bond acceptors (Lipinski definition) is 9. The van der Waals surface area contributed by atoms with Gasteiger partial charge < -0.3 is 37.9 Å². The fourth-order valence-electron chi connectivity index (χ4n) is 7.57. The molecule has 0 radical (unpaired) electrons. The molecule has 220 valence electrons. The molecule has 9 heteroatoms. The molecule has 9 nitrogen and oxygen atoms in total. The van der Waals surface area contributed by atoms with Gasteiger partial charge in [0.05, 0.1) is 56.4 Å². The van der Waals surface area contributed by atoms with Crippen molar-refractivity contribution in [2.45, 2.75) is 138 Å². The van der Waals surface area contributed by atoms with Crippen LogP contribution in [0.25, 0.3) is 0 Å². The van der Waals surface area contributed by atoms with Crippen LogP contribution in [0.5, 0.6) is 0 Å². The maximum absolute atomic E-state index is 13.1. The van der Waals surface area contributed by atoms with E-state index in [0.29, 0.717) is 39.1 Å². The number of ketones is 1. The lowest BCUT2D eigenvalue weighted by atomic mass is 9.87. The van der Waals surface area contributed by atoms with E-state index in [4.69, 9.17) is 37.9 Å². The quantitative estimate of drug-likeness (QED) is 0.400. The van der Waals surface area contributed by atoms with Crippen LogP contribution in [0.2, 0.25) is 0 Å². The van der Waals surface area contributed by atoms with Crippen LogP contribution in [-0.4, -0.2) is 99.5 Å². The fraction of sp³-hybridized carbons (Fsp3) is 0.900. The summed E-state index contributed by atoms with van der Waals surface area (Å²) in [5.74, 6) is -0.472. The van der Waals surface area contributed by atoms with Crippen LogP contribution in [-0.2, 0) is 42.7 Å². The summed E-state index contributed by atoms with van der Waals surface area (Å²) >= 11 is 0. The number of carbonyl (C=O) groups excluding carboxylic acids is 1. The maximum Gasteiger partial charge on any atom is 0.171 e. The first-order valence-electron chi connectivity index (χ1n) is 15.1. The smallest absolute Gasteiger partial charge is 0.171 e. The summed E-state index contributed by atoms with van der Waals surface area (Å²) in [6.07, 6.45) is 5.57. The molecule has 6 heterocycles. The van der Waals surface area contributed by atoms with Crippen molar-refractivity contribution in [3.05, 3.63) is 12.2 Å². The molecule has 0 aromatic carbocycles. The highest BCUT2D eigenvalue weighted by atomic mass is 16.7. The van der Waals surface area contributed by atoms with Crippen LogP contribution in [0, 0.1) is 5.92 Å². The third kappa shape index (κ3) is 5.75. The van der Waals surface area contributed by atoms with E-state index < -0.39 is 5.79 Å². The number of ether oxygens (including phenoxy) is 8. The van der Waals surface area contributed by atoms with Gasteiger partial charge in [0.2, 0.25) is 0 Å². The number of fused-ring (bicyclic) bond motifs is 2.